The zero-order valence-electron chi connectivity index (χ0n) is 10.2. The number of hydrogen-bond acceptors (Lipinski definition) is 4. The van der Waals surface area contributed by atoms with Gasteiger partial charge >= 0.3 is 13.4 Å². The molecule has 0 saturated heterocycles. The smallest absolute Gasteiger partial charge is 0.342 e. The van der Waals surface area contributed by atoms with Gasteiger partial charge in [0.15, 0.2) is 0 Å². The maximum Gasteiger partial charge on any atom is 0.549 e. The summed E-state index contributed by atoms with van der Waals surface area (Å²) < 4.78 is 30.0. The number of Topliss-reactive ketones (excluding diaryl/α,β-unsaturated/α-hetero) is 1. The predicted octanol–water partition coefficient (Wildman–Crippen LogP) is 2.73. The van der Waals surface area contributed by atoms with Crippen LogP contribution in [-0.4, -0.2) is 17.5 Å². The van der Waals surface area contributed by atoms with Gasteiger partial charge in [-0.2, -0.15) is 0 Å². The first kappa shape index (κ1) is 14.9. The molecule has 1 unspecified atom stereocenters. The molecule has 0 heterocycles. The largest absolute Gasteiger partial charge is 0.549 e. The Morgan fingerprint density at radius 2 is 2.22 bits per heavy atom. The molecule has 0 spiro atoms. The third kappa shape index (κ3) is 3.42. The Balaban J connectivity index is 3.19. The highest BCUT2D eigenvalue weighted by atomic mass is 31.1. The lowest BCUT2D eigenvalue weighted by Crippen LogP contribution is -2.25. The topological polar surface area (TPSA) is 63.6 Å². The van der Waals surface area contributed by atoms with Crippen molar-refractivity contribution in [2.45, 2.75) is 25.6 Å². The summed E-state index contributed by atoms with van der Waals surface area (Å²) in [6.45, 7) is 3.01. The summed E-state index contributed by atoms with van der Waals surface area (Å²) >= 11 is 0. The van der Waals surface area contributed by atoms with E-state index in [4.69, 9.17) is 4.52 Å². The molecule has 2 atom stereocenters. The Hall–Kier alpha value is -1.16. The van der Waals surface area contributed by atoms with Crippen molar-refractivity contribution in [3.05, 3.63) is 35.6 Å². The van der Waals surface area contributed by atoms with E-state index >= 15 is 0 Å². The van der Waals surface area contributed by atoms with E-state index in [9.17, 15) is 18.9 Å². The lowest BCUT2D eigenvalue weighted by molar-refractivity contribution is -0.120. The molecular weight excluding hydrogens is 258 g/mol. The Morgan fingerprint density at radius 3 is 2.72 bits per heavy atom. The van der Waals surface area contributed by atoms with Crippen LogP contribution in [0.1, 0.15) is 25.8 Å². The first-order valence-electron chi connectivity index (χ1n) is 5.48. The van der Waals surface area contributed by atoms with Crippen LogP contribution >= 0.6 is 8.03 Å². The van der Waals surface area contributed by atoms with Gasteiger partial charge in [-0.05, 0) is 30.5 Å². The number of benzene rings is 1. The van der Waals surface area contributed by atoms with Crippen LogP contribution in [-0.2, 0) is 19.2 Å². The second-order valence-electron chi connectivity index (χ2n) is 3.88. The minimum Gasteiger partial charge on any atom is -0.342 e. The second kappa shape index (κ2) is 6.14. The summed E-state index contributed by atoms with van der Waals surface area (Å²) in [5.41, 5.74) is 0.0762. The normalized spacial score (nSPS) is 15.0. The van der Waals surface area contributed by atoms with Crippen molar-refractivity contribution in [1.82, 2.24) is 0 Å². The molecule has 0 aliphatic rings. The van der Waals surface area contributed by atoms with Crippen LogP contribution in [0.25, 0.3) is 0 Å². The van der Waals surface area contributed by atoms with Crippen molar-refractivity contribution in [1.29, 1.82) is 0 Å². The van der Waals surface area contributed by atoms with E-state index in [2.05, 4.69) is 0 Å². The average molecular weight is 273 g/mol. The van der Waals surface area contributed by atoms with Gasteiger partial charge in [0, 0.05) is 5.56 Å². The maximum absolute atomic E-state index is 13.2. The highest BCUT2D eigenvalue weighted by molar-refractivity contribution is 7.40. The lowest BCUT2D eigenvalue weighted by atomic mass is 10.0. The van der Waals surface area contributed by atoms with E-state index in [1.165, 1.54) is 25.1 Å². The van der Waals surface area contributed by atoms with E-state index in [1.807, 2.05) is 0 Å². The molecule has 1 aromatic rings. The van der Waals surface area contributed by atoms with Gasteiger partial charge in [-0.25, -0.2) is 4.39 Å². The van der Waals surface area contributed by atoms with Gasteiger partial charge in [0.1, 0.15) is 11.6 Å². The number of aliphatic hydroxyl groups is 1. The van der Waals surface area contributed by atoms with Crippen LogP contribution in [0, 0.1) is 5.82 Å². The molecule has 1 rings (SSSR count). The van der Waals surface area contributed by atoms with Crippen molar-refractivity contribution in [2.24, 2.45) is 0 Å². The first-order chi connectivity index (χ1) is 8.40. The van der Waals surface area contributed by atoms with E-state index in [-0.39, 0.29) is 24.4 Å². The SMILES string of the molecule is CCO[P+](=O)[C@](O)(CC(C)=O)c1cccc(F)c1. The van der Waals surface area contributed by atoms with Gasteiger partial charge in [-0.3, -0.25) is 4.79 Å². The number of rotatable bonds is 6. The van der Waals surface area contributed by atoms with Crippen molar-refractivity contribution >= 4 is 13.8 Å². The Labute approximate surface area is 106 Å². The Morgan fingerprint density at radius 1 is 1.56 bits per heavy atom. The zero-order chi connectivity index (χ0) is 13.8. The minimum absolute atomic E-state index is 0.0762. The molecule has 0 amide bonds. The molecule has 4 nitrogen and oxygen atoms in total. The second-order valence-corrected chi connectivity index (χ2v) is 5.39. The molecule has 0 saturated carbocycles. The van der Waals surface area contributed by atoms with E-state index in [0.717, 1.165) is 6.07 Å². The highest BCUT2D eigenvalue weighted by Crippen LogP contribution is 2.48. The van der Waals surface area contributed by atoms with E-state index in [1.54, 1.807) is 6.92 Å². The highest BCUT2D eigenvalue weighted by Gasteiger charge is 2.52. The fourth-order valence-electron chi connectivity index (χ4n) is 1.58. The van der Waals surface area contributed by atoms with Crippen molar-refractivity contribution in [3.8, 4) is 0 Å². The summed E-state index contributed by atoms with van der Waals surface area (Å²) in [4.78, 5) is 11.2. The standard InChI is InChI=1S/C12H15FO4P/c1-3-17-18(16)12(15,8-9(2)14)10-5-4-6-11(13)7-10/h4-7,15H,3,8H2,1-2H3/q+1/t12-/m1/s1. The van der Waals surface area contributed by atoms with Crippen LogP contribution < -0.4 is 0 Å². The fourth-order valence-corrected chi connectivity index (χ4v) is 2.73. The Bertz CT molecular complexity index is 463. The summed E-state index contributed by atoms with van der Waals surface area (Å²) in [7, 11) is -2.53. The van der Waals surface area contributed by atoms with Gasteiger partial charge in [0.25, 0.3) is 0 Å². The molecular formula is C12H15FO4P+. The molecule has 0 fully saturated rings. The molecule has 1 N–H and O–H groups in total. The summed E-state index contributed by atoms with van der Waals surface area (Å²) in [6.07, 6.45) is -0.383. The monoisotopic (exact) mass is 273 g/mol. The van der Waals surface area contributed by atoms with E-state index < -0.39 is 19.2 Å². The quantitative estimate of drug-likeness (QED) is 0.809. The number of ketones is 1. The molecule has 0 aliphatic carbocycles. The van der Waals surface area contributed by atoms with Gasteiger partial charge in [-0.15, -0.1) is 4.52 Å². The molecule has 18 heavy (non-hydrogen) atoms. The van der Waals surface area contributed by atoms with E-state index in [0.29, 0.717) is 0 Å². The number of carbonyl (C=O) groups excluding carboxylic acids is 1. The molecule has 6 heteroatoms. The predicted molar refractivity (Wildman–Crippen MR) is 64.8 cm³/mol. The lowest BCUT2D eigenvalue weighted by Gasteiger charge is -2.15. The Kier molecular flexibility index (Phi) is 5.08. The molecule has 0 bridgehead atoms. The summed E-state index contributed by atoms with van der Waals surface area (Å²) in [5, 5.41) is 8.39. The minimum atomic E-state index is -2.53. The van der Waals surface area contributed by atoms with Crippen LogP contribution in [0.5, 0.6) is 0 Å². The molecule has 1 aromatic carbocycles. The molecule has 0 radical (unpaired) electrons. The van der Waals surface area contributed by atoms with Crippen molar-refractivity contribution < 1.29 is 23.4 Å². The van der Waals surface area contributed by atoms with Gasteiger partial charge in [0.05, 0.1) is 13.0 Å². The fraction of sp³-hybridized carbons (Fsp3) is 0.417. The van der Waals surface area contributed by atoms with Crippen LogP contribution in [0.2, 0.25) is 0 Å². The van der Waals surface area contributed by atoms with Crippen molar-refractivity contribution in [3.63, 3.8) is 0 Å². The maximum atomic E-state index is 13.2. The molecule has 98 valence electrons. The number of halogens is 1. The van der Waals surface area contributed by atoms with Crippen molar-refractivity contribution in [2.75, 3.05) is 6.61 Å². The number of hydrogen-bond donors (Lipinski definition) is 1. The van der Waals surface area contributed by atoms with Crippen LogP contribution in [0.4, 0.5) is 4.39 Å². The third-order valence-electron chi connectivity index (χ3n) is 2.33. The van der Waals surface area contributed by atoms with Gasteiger partial charge in [-0.1, -0.05) is 12.1 Å². The molecule has 0 aromatic heterocycles. The van der Waals surface area contributed by atoms with Gasteiger partial charge < -0.3 is 5.11 Å². The zero-order valence-corrected chi connectivity index (χ0v) is 11.1. The summed E-state index contributed by atoms with van der Waals surface area (Å²) in [6, 6.07) is 5.05. The first-order valence-corrected chi connectivity index (χ1v) is 6.66. The number of carbonyl (C=O) groups is 1. The molecule has 0 aliphatic heterocycles. The average Bonchev–Trinajstić information content (AvgIpc) is 2.28. The van der Waals surface area contributed by atoms with Crippen LogP contribution in [0.15, 0.2) is 24.3 Å². The summed E-state index contributed by atoms with van der Waals surface area (Å²) in [5.74, 6) is -0.931. The van der Waals surface area contributed by atoms with Gasteiger partial charge in [0.2, 0.25) is 0 Å². The van der Waals surface area contributed by atoms with Crippen LogP contribution in [0.3, 0.4) is 0 Å². The third-order valence-corrected chi connectivity index (χ3v) is 3.84.